The van der Waals surface area contributed by atoms with Crippen LogP contribution in [0.25, 0.3) is 33.9 Å². The summed E-state index contributed by atoms with van der Waals surface area (Å²) >= 11 is 0. The standard InChI is InChI=1S/C47H46O2/c1-46(2,3)34-22-23-38-32(24-34)27-41-40(38)29-42(43(30-16-11-9-12-17-30)31-18-13-10-14-19-31)45(47(4,5)6)44(41)39-21-15-20-37(39)33-25-35(48-7)28-36(26-33)49-8/h9-20,22-29H,21H2,1-8H3. The van der Waals surface area contributed by atoms with E-state index in [-0.39, 0.29) is 10.8 Å². The van der Waals surface area contributed by atoms with Crippen LogP contribution in [-0.2, 0) is 10.8 Å². The Morgan fingerprint density at radius 1 is 0.633 bits per heavy atom. The maximum absolute atomic E-state index is 5.74. The Labute approximate surface area is 291 Å². The fraction of sp³-hybridized carbons (Fsp3) is 0.234. The number of fused-ring (bicyclic) bond motifs is 3. The molecule has 0 aliphatic heterocycles. The number of ether oxygens (including phenoxy) is 2. The van der Waals surface area contributed by atoms with Gasteiger partial charge < -0.3 is 9.47 Å². The van der Waals surface area contributed by atoms with E-state index >= 15 is 0 Å². The van der Waals surface area contributed by atoms with E-state index in [4.69, 9.17) is 9.47 Å². The van der Waals surface area contributed by atoms with Crippen molar-refractivity contribution in [2.24, 2.45) is 0 Å². The number of hydrogen-bond acceptors (Lipinski definition) is 2. The van der Waals surface area contributed by atoms with Crippen molar-refractivity contribution >= 4 is 22.8 Å². The van der Waals surface area contributed by atoms with Crippen LogP contribution in [0.4, 0.5) is 0 Å². The van der Waals surface area contributed by atoms with Gasteiger partial charge in [0.1, 0.15) is 11.5 Å². The molecular formula is C47H46O2. The highest BCUT2D eigenvalue weighted by atomic mass is 16.5. The lowest BCUT2D eigenvalue weighted by Gasteiger charge is -2.28. The summed E-state index contributed by atoms with van der Waals surface area (Å²) in [4.78, 5) is 0. The van der Waals surface area contributed by atoms with Crippen LogP contribution in [0.5, 0.6) is 11.5 Å². The summed E-state index contributed by atoms with van der Waals surface area (Å²) in [5, 5.41) is 2.59. The highest BCUT2D eigenvalue weighted by Gasteiger charge is 2.30. The summed E-state index contributed by atoms with van der Waals surface area (Å²) in [6.45, 7) is 14.0. The van der Waals surface area contributed by atoms with E-state index in [1.165, 1.54) is 71.7 Å². The zero-order valence-corrected chi connectivity index (χ0v) is 30.1. The normalized spacial score (nSPS) is 13.6. The first-order valence-electron chi connectivity index (χ1n) is 17.3. The van der Waals surface area contributed by atoms with Gasteiger partial charge in [-0.15, -0.1) is 0 Å². The fourth-order valence-corrected chi connectivity index (χ4v) is 7.57. The first kappa shape index (κ1) is 32.5. The highest BCUT2D eigenvalue weighted by molar-refractivity contribution is 6.02. The maximum atomic E-state index is 5.74. The molecule has 0 N–H and O–H groups in total. The van der Waals surface area contributed by atoms with Gasteiger partial charge in [0, 0.05) is 6.07 Å². The van der Waals surface area contributed by atoms with Crippen LogP contribution >= 0.6 is 0 Å². The molecule has 0 unspecified atom stereocenters. The Balaban J connectivity index is 1.69. The molecule has 0 radical (unpaired) electrons. The van der Waals surface area contributed by atoms with Gasteiger partial charge >= 0.3 is 0 Å². The van der Waals surface area contributed by atoms with Crippen LogP contribution in [0.1, 0.15) is 86.9 Å². The molecule has 0 atom stereocenters. The van der Waals surface area contributed by atoms with Gasteiger partial charge in [0.15, 0.2) is 0 Å². The summed E-state index contributed by atoms with van der Waals surface area (Å²) in [6.07, 6.45) is 7.89. The Hall–Kier alpha value is -5.08. The van der Waals surface area contributed by atoms with Crippen molar-refractivity contribution in [2.75, 3.05) is 14.2 Å². The van der Waals surface area contributed by atoms with Gasteiger partial charge in [-0.1, -0.05) is 133 Å². The Morgan fingerprint density at radius 3 is 1.80 bits per heavy atom. The molecule has 2 heteroatoms. The van der Waals surface area contributed by atoms with Crippen LogP contribution in [0.2, 0.25) is 0 Å². The SMILES string of the molecule is COc1cc(OC)cc(C2=C(c3c(C(C)(C)C)c(=C(c4ccccc4)c4ccccc4)cc4c3=Cc3cc(C(C)(C)C)ccc3-4)CC=C2)c1. The minimum Gasteiger partial charge on any atom is -0.497 e. The lowest BCUT2D eigenvalue weighted by Crippen LogP contribution is -2.32. The van der Waals surface area contributed by atoms with Gasteiger partial charge in [0.25, 0.3) is 0 Å². The summed E-state index contributed by atoms with van der Waals surface area (Å²) in [7, 11) is 3.43. The number of benzene rings is 5. The third-order valence-electron chi connectivity index (χ3n) is 9.92. The van der Waals surface area contributed by atoms with Crippen LogP contribution in [0, 0.1) is 0 Å². The molecule has 49 heavy (non-hydrogen) atoms. The van der Waals surface area contributed by atoms with Crippen LogP contribution in [-0.4, -0.2) is 14.2 Å². The summed E-state index contributed by atoms with van der Waals surface area (Å²) in [6, 6.07) is 37.6. The van der Waals surface area contributed by atoms with Gasteiger partial charge in [-0.25, -0.2) is 0 Å². The molecule has 0 bridgehead atoms. The zero-order chi connectivity index (χ0) is 34.5. The lowest BCUT2D eigenvalue weighted by molar-refractivity contribution is 0.394. The van der Waals surface area contributed by atoms with Crippen molar-refractivity contribution in [3.05, 3.63) is 165 Å². The largest absolute Gasteiger partial charge is 0.497 e. The van der Waals surface area contributed by atoms with E-state index in [2.05, 4.69) is 157 Å². The fourth-order valence-electron chi connectivity index (χ4n) is 7.57. The molecule has 5 aromatic rings. The van der Waals surface area contributed by atoms with Crippen LogP contribution in [0.15, 0.2) is 115 Å². The monoisotopic (exact) mass is 642 g/mol. The first-order chi connectivity index (χ1) is 23.5. The Bertz CT molecular complexity index is 2190. The predicted molar refractivity (Wildman–Crippen MR) is 207 cm³/mol. The second-order valence-electron chi connectivity index (χ2n) is 15.3. The molecule has 0 saturated heterocycles. The molecule has 7 rings (SSSR count). The van der Waals surface area contributed by atoms with E-state index < -0.39 is 0 Å². The van der Waals surface area contributed by atoms with Crippen molar-refractivity contribution < 1.29 is 9.47 Å². The van der Waals surface area contributed by atoms with E-state index in [0.29, 0.717) is 0 Å². The summed E-state index contributed by atoms with van der Waals surface area (Å²) in [5.74, 6) is 1.57. The third-order valence-corrected chi connectivity index (χ3v) is 9.92. The molecule has 246 valence electrons. The maximum Gasteiger partial charge on any atom is 0.123 e. The van der Waals surface area contributed by atoms with Crippen molar-refractivity contribution in [1.82, 2.24) is 0 Å². The number of hydrogen-bond donors (Lipinski definition) is 0. The molecule has 0 amide bonds. The van der Waals surface area contributed by atoms with Crippen molar-refractivity contribution in [1.29, 1.82) is 0 Å². The minimum absolute atomic E-state index is 0.0558. The minimum atomic E-state index is -0.180. The van der Waals surface area contributed by atoms with Crippen molar-refractivity contribution in [3.8, 4) is 22.6 Å². The molecule has 5 aromatic carbocycles. The molecule has 0 saturated carbocycles. The quantitative estimate of drug-likeness (QED) is 0.180. The summed E-state index contributed by atoms with van der Waals surface area (Å²) in [5.41, 5.74) is 15.1. The van der Waals surface area contributed by atoms with Gasteiger partial charge in [-0.05, 0) is 119 Å². The van der Waals surface area contributed by atoms with E-state index in [0.717, 1.165) is 23.5 Å². The molecule has 0 spiro atoms. The first-order valence-corrected chi connectivity index (χ1v) is 17.3. The van der Waals surface area contributed by atoms with Crippen molar-refractivity contribution in [2.45, 2.75) is 58.8 Å². The zero-order valence-electron chi connectivity index (χ0n) is 30.1. The van der Waals surface area contributed by atoms with Crippen LogP contribution in [0.3, 0.4) is 0 Å². The molecular weight excluding hydrogens is 597 g/mol. The summed E-state index contributed by atoms with van der Waals surface area (Å²) < 4.78 is 11.5. The molecule has 2 aliphatic rings. The average molecular weight is 643 g/mol. The number of allylic oxidation sites excluding steroid dienone is 4. The Kier molecular flexibility index (Phi) is 8.23. The van der Waals surface area contributed by atoms with Gasteiger partial charge in [0.05, 0.1) is 14.2 Å². The smallest absolute Gasteiger partial charge is 0.123 e. The predicted octanol–water partition coefficient (Wildman–Crippen LogP) is 10.2. The van der Waals surface area contributed by atoms with Crippen molar-refractivity contribution in [3.63, 3.8) is 0 Å². The van der Waals surface area contributed by atoms with Gasteiger partial charge in [0.2, 0.25) is 0 Å². The topological polar surface area (TPSA) is 18.5 Å². The number of methoxy groups -OCH3 is 2. The molecule has 0 heterocycles. The van der Waals surface area contributed by atoms with E-state index in [9.17, 15) is 0 Å². The lowest BCUT2D eigenvalue weighted by atomic mass is 9.75. The molecule has 2 nitrogen and oxygen atoms in total. The highest BCUT2D eigenvalue weighted by Crippen LogP contribution is 2.42. The second-order valence-corrected chi connectivity index (χ2v) is 15.3. The molecule has 2 aliphatic carbocycles. The average Bonchev–Trinajstić information content (AvgIpc) is 3.72. The van der Waals surface area contributed by atoms with Gasteiger partial charge in [-0.2, -0.15) is 0 Å². The molecule has 0 aromatic heterocycles. The second kappa shape index (κ2) is 12.4. The van der Waals surface area contributed by atoms with Crippen LogP contribution < -0.4 is 19.9 Å². The van der Waals surface area contributed by atoms with E-state index in [1.807, 2.05) is 6.07 Å². The van der Waals surface area contributed by atoms with E-state index in [1.54, 1.807) is 14.2 Å². The number of rotatable bonds is 6. The molecule has 0 fully saturated rings. The Morgan fingerprint density at radius 2 is 1.24 bits per heavy atom. The van der Waals surface area contributed by atoms with Gasteiger partial charge in [-0.3, -0.25) is 0 Å². The third kappa shape index (κ3) is 5.95.